The average molecular weight is 377 g/mol. The van der Waals surface area contributed by atoms with Crippen LogP contribution in [0, 0.1) is 0 Å². The van der Waals surface area contributed by atoms with Crippen LogP contribution in [0.4, 0.5) is 5.69 Å². The quantitative estimate of drug-likeness (QED) is 0.626. The van der Waals surface area contributed by atoms with Gasteiger partial charge in [-0.1, -0.05) is 6.08 Å². The Hall–Kier alpha value is -2.67. The Kier molecular flexibility index (Phi) is 6.52. The van der Waals surface area contributed by atoms with Gasteiger partial charge in [0.15, 0.2) is 11.5 Å². The second-order valence-corrected chi connectivity index (χ2v) is 7.13. The van der Waals surface area contributed by atoms with Gasteiger partial charge in [0.25, 0.3) is 10.0 Å². The van der Waals surface area contributed by atoms with Gasteiger partial charge in [0.05, 0.1) is 38.0 Å². The number of sulfonamides is 1. The minimum absolute atomic E-state index is 0.103. The molecular weight excluding hydrogens is 354 g/mol. The first-order valence-electron chi connectivity index (χ1n) is 8.06. The molecule has 0 spiro atoms. The van der Waals surface area contributed by atoms with Crippen molar-refractivity contribution in [2.75, 3.05) is 31.7 Å². The highest BCUT2D eigenvalue weighted by molar-refractivity contribution is 7.92. The molecule has 0 saturated heterocycles. The molecule has 2 aromatic rings. The molecule has 2 aromatic carbocycles. The monoisotopic (exact) mass is 377 g/mol. The summed E-state index contributed by atoms with van der Waals surface area (Å²) in [5, 5.41) is 0. The van der Waals surface area contributed by atoms with Gasteiger partial charge in [0.2, 0.25) is 0 Å². The number of hydrogen-bond acceptors (Lipinski definition) is 5. The van der Waals surface area contributed by atoms with Gasteiger partial charge in [-0.25, -0.2) is 8.42 Å². The summed E-state index contributed by atoms with van der Waals surface area (Å²) < 4.78 is 43.4. The molecular formula is C19H23NO5S. The van der Waals surface area contributed by atoms with Gasteiger partial charge in [0.1, 0.15) is 5.75 Å². The fourth-order valence-electron chi connectivity index (χ4n) is 2.44. The van der Waals surface area contributed by atoms with Crippen molar-refractivity contribution in [3.05, 3.63) is 55.1 Å². The summed E-state index contributed by atoms with van der Waals surface area (Å²) in [6.07, 6.45) is 1.54. The Bertz CT molecular complexity index is 847. The molecule has 0 fully saturated rings. The van der Waals surface area contributed by atoms with Crippen molar-refractivity contribution in [2.45, 2.75) is 11.8 Å². The lowest BCUT2D eigenvalue weighted by Crippen LogP contribution is -2.31. The summed E-state index contributed by atoms with van der Waals surface area (Å²) in [5.41, 5.74) is 0.517. The Morgan fingerprint density at radius 3 is 2.23 bits per heavy atom. The minimum atomic E-state index is -3.81. The molecule has 0 saturated carbocycles. The van der Waals surface area contributed by atoms with Crippen molar-refractivity contribution in [3.63, 3.8) is 0 Å². The van der Waals surface area contributed by atoms with E-state index < -0.39 is 10.0 Å². The Labute approximate surface area is 154 Å². The van der Waals surface area contributed by atoms with E-state index in [2.05, 4.69) is 6.58 Å². The molecule has 0 N–H and O–H groups in total. The number of rotatable bonds is 9. The molecule has 0 aromatic heterocycles. The van der Waals surface area contributed by atoms with Crippen molar-refractivity contribution in [3.8, 4) is 17.2 Å². The lowest BCUT2D eigenvalue weighted by atomic mass is 10.3. The summed E-state index contributed by atoms with van der Waals surface area (Å²) in [6.45, 7) is 6.23. The van der Waals surface area contributed by atoms with Crippen LogP contribution >= 0.6 is 0 Å². The first kappa shape index (κ1) is 19.7. The Morgan fingerprint density at radius 2 is 1.69 bits per heavy atom. The zero-order valence-electron chi connectivity index (χ0n) is 15.1. The molecule has 0 unspecified atom stereocenters. The molecule has 7 heteroatoms. The van der Waals surface area contributed by atoms with Crippen LogP contribution in [0.3, 0.4) is 0 Å². The molecule has 0 radical (unpaired) electrons. The summed E-state index contributed by atoms with van der Waals surface area (Å²) in [6, 6.07) is 11.4. The second kappa shape index (κ2) is 8.62. The van der Waals surface area contributed by atoms with E-state index in [1.54, 1.807) is 30.3 Å². The van der Waals surface area contributed by atoms with Crippen LogP contribution in [0.25, 0.3) is 0 Å². The highest BCUT2D eigenvalue weighted by Gasteiger charge is 2.25. The largest absolute Gasteiger partial charge is 0.494 e. The number of anilines is 1. The summed E-state index contributed by atoms with van der Waals surface area (Å²) >= 11 is 0. The van der Waals surface area contributed by atoms with E-state index in [1.165, 1.54) is 36.7 Å². The molecule has 6 nitrogen and oxygen atoms in total. The number of ether oxygens (including phenoxy) is 3. The van der Waals surface area contributed by atoms with Gasteiger partial charge in [-0.3, -0.25) is 4.31 Å². The van der Waals surface area contributed by atoms with Gasteiger partial charge in [-0.15, -0.1) is 6.58 Å². The van der Waals surface area contributed by atoms with Crippen molar-refractivity contribution in [2.24, 2.45) is 0 Å². The highest BCUT2D eigenvalue weighted by atomic mass is 32.2. The van der Waals surface area contributed by atoms with Crippen LogP contribution in [0.15, 0.2) is 60.0 Å². The molecule has 0 atom stereocenters. The Morgan fingerprint density at radius 1 is 1.04 bits per heavy atom. The standard InChI is InChI=1S/C19H23NO5S/c1-5-13-20(15-7-9-16(10-8-15)25-6-2)26(21,22)17-11-12-18(23-3)19(14-17)24-4/h5,7-12,14H,1,6,13H2,2-4H3. The third kappa shape index (κ3) is 4.11. The van der Waals surface area contributed by atoms with Gasteiger partial charge in [-0.05, 0) is 43.3 Å². The van der Waals surface area contributed by atoms with Crippen LogP contribution in [0.1, 0.15) is 6.92 Å². The normalized spacial score (nSPS) is 10.9. The maximum Gasteiger partial charge on any atom is 0.264 e. The van der Waals surface area contributed by atoms with E-state index in [4.69, 9.17) is 14.2 Å². The van der Waals surface area contributed by atoms with Gasteiger partial charge in [0, 0.05) is 6.07 Å². The summed E-state index contributed by atoms with van der Waals surface area (Å²) in [4.78, 5) is 0.103. The van der Waals surface area contributed by atoms with Crippen LogP contribution < -0.4 is 18.5 Å². The van der Waals surface area contributed by atoms with E-state index >= 15 is 0 Å². The third-order valence-corrected chi connectivity index (χ3v) is 5.46. The van der Waals surface area contributed by atoms with Crippen molar-refractivity contribution in [1.29, 1.82) is 0 Å². The van der Waals surface area contributed by atoms with Crippen molar-refractivity contribution < 1.29 is 22.6 Å². The fourth-order valence-corrected chi connectivity index (χ4v) is 3.89. The van der Waals surface area contributed by atoms with E-state index in [9.17, 15) is 8.42 Å². The Balaban J connectivity index is 2.46. The predicted octanol–water partition coefficient (Wildman–Crippen LogP) is 3.48. The number of methoxy groups -OCH3 is 2. The highest BCUT2D eigenvalue weighted by Crippen LogP contribution is 2.32. The first-order valence-corrected chi connectivity index (χ1v) is 9.50. The summed E-state index contributed by atoms with van der Waals surface area (Å²) in [5.74, 6) is 1.49. The molecule has 0 amide bonds. The average Bonchev–Trinajstić information content (AvgIpc) is 2.66. The topological polar surface area (TPSA) is 65.1 Å². The smallest absolute Gasteiger partial charge is 0.264 e. The maximum absolute atomic E-state index is 13.2. The molecule has 26 heavy (non-hydrogen) atoms. The van der Waals surface area contributed by atoms with Crippen molar-refractivity contribution >= 4 is 15.7 Å². The number of nitrogens with zero attached hydrogens (tertiary/aromatic N) is 1. The zero-order chi connectivity index (χ0) is 19.2. The van der Waals surface area contributed by atoms with Crippen LogP contribution in [-0.4, -0.2) is 35.8 Å². The van der Waals surface area contributed by atoms with E-state index in [0.717, 1.165) is 0 Å². The molecule has 2 rings (SSSR count). The fraction of sp³-hybridized carbons (Fsp3) is 0.263. The molecule has 0 aliphatic rings. The van der Waals surface area contributed by atoms with E-state index in [1.807, 2.05) is 6.92 Å². The summed E-state index contributed by atoms with van der Waals surface area (Å²) in [7, 11) is -0.857. The minimum Gasteiger partial charge on any atom is -0.494 e. The molecule has 0 aliphatic carbocycles. The van der Waals surface area contributed by atoms with Gasteiger partial charge < -0.3 is 14.2 Å². The van der Waals surface area contributed by atoms with E-state index in [-0.39, 0.29) is 11.4 Å². The first-order chi connectivity index (χ1) is 12.5. The van der Waals surface area contributed by atoms with Crippen LogP contribution in [0.5, 0.6) is 17.2 Å². The third-order valence-electron chi connectivity index (χ3n) is 3.67. The zero-order valence-corrected chi connectivity index (χ0v) is 16.0. The second-order valence-electron chi connectivity index (χ2n) is 5.27. The van der Waals surface area contributed by atoms with Gasteiger partial charge >= 0.3 is 0 Å². The van der Waals surface area contributed by atoms with Crippen LogP contribution in [-0.2, 0) is 10.0 Å². The number of benzene rings is 2. The number of hydrogen-bond donors (Lipinski definition) is 0. The van der Waals surface area contributed by atoms with Crippen LogP contribution in [0.2, 0.25) is 0 Å². The molecule has 0 heterocycles. The SMILES string of the molecule is C=CCN(c1ccc(OCC)cc1)S(=O)(=O)c1ccc(OC)c(OC)c1. The van der Waals surface area contributed by atoms with Crippen molar-refractivity contribution in [1.82, 2.24) is 0 Å². The maximum atomic E-state index is 13.2. The van der Waals surface area contributed by atoms with Gasteiger partial charge in [-0.2, -0.15) is 0 Å². The molecule has 0 aliphatic heterocycles. The predicted molar refractivity (Wildman–Crippen MR) is 102 cm³/mol. The lowest BCUT2D eigenvalue weighted by molar-refractivity contribution is 0.340. The van der Waals surface area contributed by atoms with E-state index in [0.29, 0.717) is 29.5 Å². The molecule has 0 bridgehead atoms. The lowest BCUT2D eigenvalue weighted by Gasteiger charge is -2.24. The molecule has 140 valence electrons.